The number of hydrogen-bond acceptors (Lipinski definition) is 5. The third kappa shape index (κ3) is 32.7. The molecule has 50 heavy (non-hydrogen) atoms. The second kappa shape index (κ2) is 39.0. The molecule has 0 aromatic rings. The number of rotatable bonds is 39. The van der Waals surface area contributed by atoms with Crippen LogP contribution in [0.4, 0.5) is 0 Å². The Hall–Kier alpha value is -1.21. The molecule has 0 aromatic heterocycles. The highest BCUT2D eigenvalue weighted by Crippen LogP contribution is 2.16. The Bertz CT molecular complexity index is 757. The van der Waals surface area contributed by atoms with Crippen molar-refractivity contribution in [3.8, 4) is 0 Å². The fraction of sp³-hybridized carbons (Fsp3) is 0.886. The van der Waals surface area contributed by atoms with Gasteiger partial charge in [-0.05, 0) is 57.8 Å². The van der Waals surface area contributed by atoms with Gasteiger partial charge < -0.3 is 25.7 Å². The Morgan fingerprint density at radius 3 is 1.26 bits per heavy atom. The van der Waals surface area contributed by atoms with Gasteiger partial charge in [0.1, 0.15) is 12.2 Å². The van der Waals surface area contributed by atoms with Crippen LogP contribution in [0.5, 0.6) is 0 Å². The summed E-state index contributed by atoms with van der Waals surface area (Å²) in [4.78, 5) is 12.4. The van der Waals surface area contributed by atoms with Crippen molar-refractivity contribution in [3.05, 3.63) is 24.3 Å². The van der Waals surface area contributed by atoms with Crippen LogP contribution in [0.1, 0.15) is 219 Å². The molecule has 0 heterocycles. The summed E-state index contributed by atoms with van der Waals surface area (Å²) in [6, 6.07) is -1.00. The molecular weight excluding hydrogens is 622 g/mol. The van der Waals surface area contributed by atoms with Gasteiger partial charge in [0.05, 0.1) is 18.8 Å². The van der Waals surface area contributed by atoms with Gasteiger partial charge >= 0.3 is 0 Å². The molecule has 6 heteroatoms. The number of aliphatic hydroxyl groups excluding tert-OH is 4. The molecule has 0 rings (SSSR count). The molecule has 4 atom stereocenters. The molecule has 0 spiro atoms. The van der Waals surface area contributed by atoms with Crippen LogP contribution in [0, 0.1) is 0 Å². The molecule has 0 aliphatic heterocycles. The van der Waals surface area contributed by atoms with E-state index in [9.17, 15) is 25.2 Å². The van der Waals surface area contributed by atoms with Crippen LogP contribution < -0.4 is 5.32 Å². The number of carbonyl (C=O) groups excluding carboxylic acids is 1. The number of nitrogens with one attached hydrogen (secondary N) is 1. The zero-order chi connectivity index (χ0) is 36.8. The fourth-order valence-corrected chi connectivity index (χ4v) is 6.62. The first-order chi connectivity index (χ1) is 24.5. The Morgan fingerprint density at radius 2 is 0.840 bits per heavy atom. The van der Waals surface area contributed by atoms with Crippen LogP contribution in [0.15, 0.2) is 24.3 Å². The van der Waals surface area contributed by atoms with Gasteiger partial charge in [0.25, 0.3) is 0 Å². The van der Waals surface area contributed by atoms with Crippen LogP contribution in [0.3, 0.4) is 0 Å². The van der Waals surface area contributed by atoms with Crippen LogP contribution >= 0.6 is 0 Å². The topological polar surface area (TPSA) is 110 Å². The summed E-state index contributed by atoms with van der Waals surface area (Å²) in [5.41, 5.74) is 0. The van der Waals surface area contributed by atoms with E-state index in [-0.39, 0.29) is 0 Å². The molecule has 0 radical (unpaired) electrons. The number of allylic oxidation sites excluding steroid dienone is 4. The molecule has 296 valence electrons. The summed E-state index contributed by atoms with van der Waals surface area (Å²) in [6.45, 7) is 3.98. The summed E-state index contributed by atoms with van der Waals surface area (Å²) >= 11 is 0. The maximum Gasteiger partial charge on any atom is 0.249 e. The highest BCUT2D eigenvalue weighted by atomic mass is 16.3. The van der Waals surface area contributed by atoms with Crippen molar-refractivity contribution in [3.63, 3.8) is 0 Å². The predicted octanol–water partition coefficient (Wildman–Crippen LogP) is 11.2. The van der Waals surface area contributed by atoms with Crippen molar-refractivity contribution in [2.45, 2.75) is 244 Å². The van der Waals surface area contributed by atoms with Crippen molar-refractivity contribution in [1.82, 2.24) is 5.32 Å². The molecule has 0 aromatic carbocycles. The van der Waals surface area contributed by atoms with Gasteiger partial charge in [-0.25, -0.2) is 0 Å². The standard InChI is InChI=1S/C44H85NO5/c1-3-5-7-9-11-13-15-16-17-18-19-20-21-22-23-24-25-26-27-28-30-31-33-35-37-41(47)43(49)40(39-46)45-44(50)42(48)38-36-34-32-29-14-12-10-8-6-4-2/h10,12,30-31,40-43,46-49H,3-9,11,13-29,32-39H2,1-2H3,(H,45,50)/b12-10-,31-30+. The van der Waals surface area contributed by atoms with E-state index < -0.39 is 36.9 Å². The highest BCUT2D eigenvalue weighted by Gasteiger charge is 2.28. The average molecular weight is 708 g/mol. The van der Waals surface area contributed by atoms with E-state index in [1.54, 1.807) is 0 Å². The maximum atomic E-state index is 12.4. The van der Waals surface area contributed by atoms with Crippen molar-refractivity contribution < 1.29 is 25.2 Å². The van der Waals surface area contributed by atoms with Crippen LogP contribution in [-0.4, -0.2) is 57.3 Å². The number of amides is 1. The van der Waals surface area contributed by atoms with E-state index in [1.165, 1.54) is 135 Å². The Kier molecular flexibility index (Phi) is 38.1. The van der Waals surface area contributed by atoms with Crippen molar-refractivity contribution in [2.75, 3.05) is 6.61 Å². The molecule has 0 aliphatic rings. The average Bonchev–Trinajstić information content (AvgIpc) is 3.12. The number of unbranched alkanes of at least 4 members (excludes halogenated alkanes) is 26. The summed E-state index contributed by atoms with van der Waals surface area (Å²) < 4.78 is 0. The lowest BCUT2D eigenvalue weighted by molar-refractivity contribution is -0.132. The minimum Gasteiger partial charge on any atom is -0.394 e. The summed E-state index contributed by atoms with van der Waals surface area (Å²) in [6.07, 6.45) is 43.7. The maximum absolute atomic E-state index is 12.4. The zero-order valence-electron chi connectivity index (χ0n) is 33.2. The second-order valence-corrected chi connectivity index (χ2v) is 15.0. The minimum absolute atomic E-state index is 0.348. The molecule has 0 saturated heterocycles. The van der Waals surface area contributed by atoms with Gasteiger partial charge in [-0.15, -0.1) is 0 Å². The van der Waals surface area contributed by atoms with Gasteiger partial charge in [-0.1, -0.05) is 186 Å². The monoisotopic (exact) mass is 708 g/mol. The first-order valence-electron chi connectivity index (χ1n) is 21.7. The second-order valence-electron chi connectivity index (χ2n) is 15.0. The van der Waals surface area contributed by atoms with E-state index in [1.807, 2.05) is 0 Å². The van der Waals surface area contributed by atoms with Crippen molar-refractivity contribution in [1.29, 1.82) is 0 Å². The van der Waals surface area contributed by atoms with Gasteiger partial charge in [-0.3, -0.25) is 4.79 Å². The molecule has 1 amide bonds. The molecule has 0 saturated carbocycles. The molecule has 4 unspecified atom stereocenters. The third-order valence-electron chi connectivity index (χ3n) is 10.1. The summed E-state index contributed by atoms with van der Waals surface area (Å²) in [5, 5.41) is 43.5. The van der Waals surface area contributed by atoms with E-state index in [2.05, 4.69) is 43.5 Å². The summed E-state index contributed by atoms with van der Waals surface area (Å²) in [7, 11) is 0. The molecular formula is C44H85NO5. The van der Waals surface area contributed by atoms with Gasteiger partial charge in [0, 0.05) is 0 Å². The van der Waals surface area contributed by atoms with Crippen LogP contribution in [0.25, 0.3) is 0 Å². The first kappa shape index (κ1) is 48.8. The molecule has 0 fully saturated rings. The third-order valence-corrected chi connectivity index (χ3v) is 10.1. The van der Waals surface area contributed by atoms with Gasteiger partial charge in [-0.2, -0.15) is 0 Å². The van der Waals surface area contributed by atoms with Crippen LogP contribution in [0.2, 0.25) is 0 Å². The Balaban J connectivity index is 3.70. The lowest BCUT2D eigenvalue weighted by atomic mass is 10.00. The highest BCUT2D eigenvalue weighted by molar-refractivity contribution is 5.80. The van der Waals surface area contributed by atoms with Gasteiger partial charge in [0.2, 0.25) is 5.91 Å². The van der Waals surface area contributed by atoms with Crippen LogP contribution in [-0.2, 0) is 4.79 Å². The molecule has 6 nitrogen and oxygen atoms in total. The van der Waals surface area contributed by atoms with Crippen molar-refractivity contribution >= 4 is 5.91 Å². The molecule has 0 bridgehead atoms. The molecule has 0 aliphatic carbocycles. The van der Waals surface area contributed by atoms with Crippen molar-refractivity contribution in [2.24, 2.45) is 0 Å². The zero-order valence-corrected chi connectivity index (χ0v) is 33.2. The van der Waals surface area contributed by atoms with E-state index in [0.29, 0.717) is 12.8 Å². The number of carbonyl (C=O) groups is 1. The van der Waals surface area contributed by atoms with Gasteiger partial charge in [0.15, 0.2) is 0 Å². The first-order valence-corrected chi connectivity index (χ1v) is 21.7. The normalized spacial score (nSPS) is 14.4. The largest absolute Gasteiger partial charge is 0.394 e. The number of hydrogen-bond donors (Lipinski definition) is 5. The number of aliphatic hydroxyl groups is 4. The minimum atomic E-state index is -1.28. The van der Waals surface area contributed by atoms with E-state index in [0.717, 1.165) is 57.8 Å². The smallest absolute Gasteiger partial charge is 0.249 e. The van der Waals surface area contributed by atoms with E-state index in [4.69, 9.17) is 0 Å². The summed E-state index contributed by atoms with van der Waals surface area (Å²) in [5.74, 6) is -0.605. The quantitative estimate of drug-likeness (QED) is 0.0323. The predicted molar refractivity (Wildman–Crippen MR) is 214 cm³/mol. The van der Waals surface area contributed by atoms with E-state index >= 15 is 0 Å². The Morgan fingerprint density at radius 1 is 0.480 bits per heavy atom. The Labute approximate surface area is 310 Å². The lowest BCUT2D eigenvalue weighted by Gasteiger charge is -2.27. The molecule has 5 N–H and O–H groups in total. The fourth-order valence-electron chi connectivity index (χ4n) is 6.62. The lowest BCUT2D eigenvalue weighted by Crippen LogP contribution is -2.53. The SMILES string of the molecule is CCCC/C=C\CCCCCCC(O)C(=O)NC(CO)C(O)C(O)CCC/C=C/CCCCCCCCCCCCCCCCCCCCC.